The number of benzene rings is 1. The first-order valence-corrected chi connectivity index (χ1v) is 11.3. The number of piperazine rings is 1. The van der Waals surface area contributed by atoms with Gasteiger partial charge in [0.05, 0.1) is 6.10 Å². The van der Waals surface area contributed by atoms with Crippen LogP contribution in [0.2, 0.25) is 5.02 Å². The second-order valence-corrected chi connectivity index (χ2v) is 8.69. The first-order valence-electron chi connectivity index (χ1n) is 10.9. The summed E-state index contributed by atoms with van der Waals surface area (Å²) in [6, 6.07) is 12.8. The van der Waals surface area contributed by atoms with Crippen molar-refractivity contribution in [1.29, 1.82) is 0 Å². The van der Waals surface area contributed by atoms with E-state index in [4.69, 9.17) is 16.3 Å². The highest BCUT2D eigenvalue weighted by molar-refractivity contribution is 6.30. The number of pyridine rings is 1. The van der Waals surface area contributed by atoms with E-state index in [9.17, 15) is 9.59 Å². The van der Waals surface area contributed by atoms with Gasteiger partial charge in [0.1, 0.15) is 6.04 Å². The number of fused-ring (bicyclic) bond motifs is 1. The summed E-state index contributed by atoms with van der Waals surface area (Å²) in [5.74, 6) is -0.225. The number of halogens is 1. The van der Waals surface area contributed by atoms with E-state index < -0.39 is 0 Å². The van der Waals surface area contributed by atoms with Crippen LogP contribution in [0, 0.1) is 0 Å². The third kappa shape index (κ3) is 4.97. The van der Waals surface area contributed by atoms with Crippen LogP contribution in [0.1, 0.15) is 20.3 Å². The number of carbonyl (C=O) groups excluding carboxylic acids is 1. The van der Waals surface area contributed by atoms with Crippen LogP contribution in [-0.4, -0.2) is 63.4 Å². The minimum atomic E-state index is -0.386. The fourth-order valence-corrected chi connectivity index (χ4v) is 4.25. The van der Waals surface area contributed by atoms with E-state index in [-0.39, 0.29) is 23.8 Å². The highest BCUT2D eigenvalue weighted by atomic mass is 35.5. The maximum Gasteiger partial charge on any atom is 0.350 e. The Labute approximate surface area is 191 Å². The van der Waals surface area contributed by atoms with E-state index in [2.05, 4.69) is 14.9 Å². The molecule has 1 saturated heterocycles. The topological polar surface area (TPSA) is 72.1 Å². The van der Waals surface area contributed by atoms with Gasteiger partial charge in [0.15, 0.2) is 5.65 Å². The summed E-state index contributed by atoms with van der Waals surface area (Å²) in [5.41, 5.74) is 1.48. The van der Waals surface area contributed by atoms with Gasteiger partial charge in [-0.3, -0.25) is 14.1 Å². The molecule has 0 saturated carbocycles. The number of anilines is 1. The normalized spacial score (nSPS) is 17.2. The molecule has 0 bridgehead atoms. The Morgan fingerprint density at radius 3 is 2.78 bits per heavy atom. The van der Waals surface area contributed by atoms with Crippen molar-refractivity contribution >= 4 is 28.9 Å². The molecule has 1 aliphatic rings. The van der Waals surface area contributed by atoms with Crippen molar-refractivity contribution in [2.75, 3.05) is 31.1 Å². The molecule has 1 unspecified atom stereocenters. The maximum atomic E-state index is 12.9. The van der Waals surface area contributed by atoms with Gasteiger partial charge in [-0.1, -0.05) is 23.7 Å². The molecule has 32 heavy (non-hydrogen) atoms. The van der Waals surface area contributed by atoms with Gasteiger partial charge in [-0.15, -0.1) is 5.10 Å². The van der Waals surface area contributed by atoms with Crippen LogP contribution in [0.25, 0.3) is 5.65 Å². The fraction of sp³-hybridized carbons (Fsp3) is 0.435. The lowest BCUT2D eigenvalue weighted by Gasteiger charge is -2.41. The fourth-order valence-electron chi connectivity index (χ4n) is 4.07. The molecule has 9 heteroatoms. The lowest BCUT2D eigenvalue weighted by molar-refractivity contribution is -0.154. The maximum absolute atomic E-state index is 12.9. The Balaban J connectivity index is 1.44. The lowest BCUT2D eigenvalue weighted by atomic mass is 10.1. The minimum absolute atomic E-state index is 0.151. The molecule has 8 nitrogen and oxygen atoms in total. The Bertz CT molecular complexity index is 1140. The molecule has 1 aromatic carbocycles. The van der Waals surface area contributed by atoms with Gasteiger partial charge < -0.3 is 9.64 Å². The molecule has 0 radical (unpaired) electrons. The van der Waals surface area contributed by atoms with Gasteiger partial charge in [0, 0.05) is 49.6 Å². The highest BCUT2D eigenvalue weighted by Crippen LogP contribution is 2.23. The summed E-state index contributed by atoms with van der Waals surface area (Å²) in [6.45, 7) is 6.89. The second kappa shape index (κ2) is 9.75. The number of rotatable bonds is 7. The molecular weight excluding hydrogens is 430 g/mol. The van der Waals surface area contributed by atoms with Crippen LogP contribution >= 0.6 is 11.6 Å². The van der Waals surface area contributed by atoms with Crippen LogP contribution in [0.15, 0.2) is 53.5 Å². The predicted molar refractivity (Wildman–Crippen MR) is 124 cm³/mol. The number of hydrogen-bond donors (Lipinski definition) is 0. The average molecular weight is 458 g/mol. The van der Waals surface area contributed by atoms with Gasteiger partial charge in [0.25, 0.3) is 0 Å². The monoisotopic (exact) mass is 457 g/mol. The summed E-state index contributed by atoms with van der Waals surface area (Å²) < 4.78 is 8.57. The molecular formula is C23H28ClN5O3. The smallest absolute Gasteiger partial charge is 0.350 e. The zero-order valence-electron chi connectivity index (χ0n) is 18.4. The molecule has 1 aliphatic heterocycles. The molecule has 3 aromatic rings. The first kappa shape index (κ1) is 22.4. The summed E-state index contributed by atoms with van der Waals surface area (Å²) in [4.78, 5) is 29.7. The van der Waals surface area contributed by atoms with Crippen molar-refractivity contribution in [2.24, 2.45) is 0 Å². The molecule has 0 N–H and O–H groups in total. The van der Waals surface area contributed by atoms with Crippen molar-refractivity contribution in [3.63, 3.8) is 0 Å². The van der Waals surface area contributed by atoms with Crippen molar-refractivity contribution < 1.29 is 9.53 Å². The zero-order valence-corrected chi connectivity index (χ0v) is 19.1. The van der Waals surface area contributed by atoms with E-state index in [0.29, 0.717) is 43.3 Å². The van der Waals surface area contributed by atoms with Crippen molar-refractivity contribution in [1.82, 2.24) is 19.1 Å². The largest absolute Gasteiger partial charge is 0.462 e. The van der Waals surface area contributed by atoms with Crippen LogP contribution in [0.5, 0.6) is 0 Å². The minimum Gasteiger partial charge on any atom is -0.462 e. The van der Waals surface area contributed by atoms with Crippen molar-refractivity contribution in [3.8, 4) is 0 Å². The van der Waals surface area contributed by atoms with Gasteiger partial charge >= 0.3 is 11.7 Å². The number of esters is 1. The van der Waals surface area contributed by atoms with E-state index in [1.54, 1.807) is 6.20 Å². The lowest BCUT2D eigenvalue weighted by Crippen LogP contribution is -2.57. The first-order chi connectivity index (χ1) is 15.4. The van der Waals surface area contributed by atoms with Crippen molar-refractivity contribution in [3.05, 3.63) is 64.2 Å². The van der Waals surface area contributed by atoms with Gasteiger partial charge in [0.2, 0.25) is 0 Å². The van der Waals surface area contributed by atoms with Gasteiger partial charge in [-0.2, -0.15) is 0 Å². The van der Waals surface area contributed by atoms with Crippen LogP contribution in [0.3, 0.4) is 0 Å². The summed E-state index contributed by atoms with van der Waals surface area (Å²) in [6.07, 6.45) is 2.24. The number of nitrogens with zero attached hydrogens (tertiary/aromatic N) is 5. The molecule has 170 valence electrons. The van der Waals surface area contributed by atoms with Gasteiger partial charge in [-0.25, -0.2) is 9.48 Å². The summed E-state index contributed by atoms with van der Waals surface area (Å²) in [5, 5.41) is 5.06. The Morgan fingerprint density at radius 2 is 2.03 bits per heavy atom. The zero-order chi connectivity index (χ0) is 22.7. The Hall–Kier alpha value is -2.84. The molecule has 0 amide bonds. The highest BCUT2D eigenvalue weighted by Gasteiger charge is 2.34. The number of hydrogen-bond acceptors (Lipinski definition) is 6. The van der Waals surface area contributed by atoms with Crippen LogP contribution < -0.4 is 10.6 Å². The second-order valence-electron chi connectivity index (χ2n) is 8.25. The number of aromatic nitrogens is 3. The van der Waals surface area contributed by atoms with E-state index in [0.717, 1.165) is 12.2 Å². The number of aryl methyl sites for hydroxylation is 1. The van der Waals surface area contributed by atoms with Gasteiger partial charge in [-0.05, 0) is 50.6 Å². The molecule has 0 aliphatic carbocycles. The average Bonchev–Trinajstić information content (AvgIpc) is 3.09. The van der Waals surface area contributed by atoms with Crippen molar-refractivity contribution in [2.45, 2.75) is 39.0 Å². The Morgan fingerprint density at radius 1 is 1.19 bits per heavy atom. The molecule has 4 rings (SSSR count). The van der Waals surface area contributed by atoms with Crippen LogP contribution in [0.4, 0.5) is 5.69 Å². The predicted octanol–water partition coefficient (Wildman–Crippen LogP) is 2.68. The molecule has 1 fully saturated rings. The Kier molecular flexibility index (Phi) is 6.81. The molecule has 1 atom stereocenters. The van der Waals surface area contributed by atoms with E-state index >= 15 is 0 Å². The van der Waals surface area contributed by atoms with E-state index in [1.165, 1.54) is 9.08 Å². The SMILES string of the molecule is CC(C)OC(=O)C1CN(c2cccc(Cl)c2)CCN1CCCn1nc2ccccn2c1=O. The summed E-state index contributed by atoms with van der Waals surface area (Å²) >= 11 is 6.17. The molecule has 2 aromatic heterocycles. The molecule has 0 spiro atoms. The number of carbonyl (C=O) groups is 1. The third-order valence-electron chi connectivity index (χ3n) is 5.59. The van der Waals surface area contributed by atoms with E-state index in [1.807, 2.05) is 56.3 Å². The standard InChI is InChI=1S/C23H28ClN5O3/c1-17(2)32-22(30)20-16-27(19-8-5-7-18(24)15-19)14-13-26(20)10-6-12-29-23(31)28-11-4-3-9-21(28)25-29/h3-5,7-9,11,15,17,20H,6,10,12-14,16H2,1-2H3. The summed E-state index contributed by atoms with van der Waals surface area (Å²) in [7, 11) is 0. The number of ether oxygens (including phenoxy) is 1. The quantitative estimate of drug-likeness (QED) is 0.508. The van der Waals surface area contributed by atoms with Crippen LogP contribution in [-0.2, 0) is 16.1 Å². The third-order valence-corrected chi connectivity index (χ3v) is 5.83. The molecule has 3 heterocycles.